The molecule has 2 atom stereocenters. The lowest BCUT2D eigenvalue weighted by molar-refractivity contribution is -0.0507. The second-order valence-electron chi connectivity index (χ2n) is 8.33. The van der Waals surface area contributed by atoms with E-state index in [1.807, 2.05) is 18.2 Å². The lowest BCUT2D eigenvalue weighted by Crippen LogP contribution is -2.30. The molecule has 3 aliphatic rings. The van der Waals surface area contributed by atoms with E-state index < -0.39 is 6.61 Å². The van der Waals surface area contributed by atoms with Gasteiger partial charge in [0.25, 0.3) is 5.91 Å². The molecule has 0 N–H and O–H groups in total. The maximum atomic E-state index is 13.2. The highest BCUT2D eigenvalue weighted by Gasteiger charge is 2.45. The first-order valence-corrected chi connectivity index (χ1v) is 10.5. The molecule has 6 nitrogen and oxygen atoms in total. The van der Waals surface area contributed by atoms with Gasteiger partial charge in [-0.2, -0.15) is 8.78 Å². The summed E-state index contributed by atoms with van der Waals surface area (Å²) in [5, 5.41) is 0. The molecule has 162 valence electrons. The number of ether oxygens (including phenoxy) is 2. The van der Waals surface area contributed by atoms with Crippen LogP contribution in [0, 0.1) is 17.8 Å². The molecule has 3 aromatic rings. The molecule has 1 fully saturated rings. The van der Waals surface area contributed by atoms with Crippen molar-refractivity contribution in [2.75, 3.05) is 20.3 Å². The van der Waals surface area contributed by atoms with Gasteiger partial charge in [-0.25, -0.2) is 4.98 Å². The van der Waals surface area contributed by atoms with Crippen molar-refractivity contribution in [1.29, 1.82) is 0 Å². The van der Waals surface area contributed by atoms with Crippen molar-refractivity contribution >= 4 is 16.9 Å². The Balaban J connectivity index is 1.54. The average Bonchev–Trinajstić information content (AvgIpc) is 3.25. The number of carbonyl (C=O) groups excluding carboxylic acids is 1. The molecule has 4 heterocycles. The molecule has 2 aromatic carbocycles. The normalized spacial score (nSPS) is 21.6. The molecule has 0 spiro atoms. The molecule has 3 aliphatic heterocycles. The minimum absolute atomic E-state index is 0.0283. The van der Waals surface area contributed by atoms with Crippen LogP contribution < -0.4 is 4.74 Å². The number of aromatic nitrogens is 2. The van der Waals surface area contributed by atoms with Crippen molar-refractivity contribution in [2.45, 2.75) is 25.1 Å². The van der Waals surface area contributed by atoms with E-state index in [1.165, 1.54) is 6.07 Å². The Labute approximate surface area is 182 Å². The lowest BCUT2D eigenvalue weighted by atomic mass is 9.97. The third kappa shape index (κ3) is 2.81. The fourth-order valence-electron chi connectivity index (χ4n) is 4.86. The second-order valence-corrected chi connectivity index (χ2v) is 8.33. The smallest absolute Gasteiger partial charge is 0.387 e. The maximum Gasteiger partial charge on any atom is 0.387 e. The Bertz CT molecular complexity index is 1320. The van der Waals surface area contributed by atoms with Crippen LogP contribution in [0.15, 0.2) is 36.4 Å². The molecule has 2 bridgehead atoms. The number of rotatable bonds is 2. The first kappa shape index (κ1) is 19.3. The molecule has 1 unspecified atom stereocenters. The Morgan fingerprint density at radius 3 is 2.81 bits per heavy atom. The van der Waals surface area contributed by atoms with Crippen LogP contribution in [-0.4, -0.2) is 47.2 Å². The highest BCUT2D eigenvalue weighted by atomic mass is 19.3. The monoisotopic (exact) mass is 435 g/mol. The summed E-state index contributed by atoms with van der Waals surface area (Å²) in [5.74, 6) is 7.23. The lowest BCUT2D eigenvalue weighted by Gasteiger charge is -2.24. The molecule has 32 heavy (non-hydrogen) atoms. The molecule has 8 heteroatoms. The number of fused-ring (bicyclic) bond motifs is 9. The van der Waals surface area contributed by atoms with Crippen molar-refractivity contribution in [3.8, 4) is 17.6 Å². The van der Waals surface area contributed by atoms with Crippen molar-refractivity contribution < 1.29 is 23.0 Å². The van der Waals surface area contributed by atoms with E-state index in [0.29, 0.717) is 30.8 Å². The molecule has 0 aliphatic carbocycles. The van der Waals surface area contributed by atoms with E-state index >= 15 is 0 Å². The van der Waals surface area contributed by atoms with Crippen LogP contribution >= 0.6 is 0 Å². The van der Waals surface area contributed by atoms with E-state index in [0.717, 1.165) is 22.4 Å². The molecule has 0 saturated carbocycles. The number of nitrogens with zero attached hydrogens (tertiary/aromatic N) is 3. The van der Waals surface area contributed by atoms with E-state index in [1.54, 1.807) is 24.1 Å². The van der Waals surface area contributed by atoms with Crippen LogP contribution in [0.1, 0.15) is 45.8 Å². The molecule has 0 radical (unpaired) electrons. The zero-order valence-electron chi connectivity index (χ0n) is 17.2. The van der Waals surface area contributed by atoms with Gasteiger partial charge in [0.2, 0.25) is 0 Å². The van der Waals surface area contributed by atoms with Gasteiger partial charge in [-0.1, -0.05) is 17.9 Å². The van der Waals surface area contributed by atoms with E-state index in [9.17, 15) is 13.6 Å². The van der Waals surface area contributed by atoms with Crippen LogP contribution in [0.4, 0.5) is 8.78 Å². The van der Waals surface area contributed by atoms with Crippen LogP contribution in [0.25, 0.3) is 11.0 Å². The zero-order valence-corrected chi connectivity index (χ0v) is 17.2. The standard InChI is InChI=1S/C24H19F2N3O3/c1-28-19-10-18(21-15(23(28)30)3-2-4-20(21)32-24(25)26)29-17-9-13(5-6-14-11-31-12-14)7-8-16(17)27-22(19)29/h2-4,7-9,14,18-19,24H,10-12H2,1H3/t18-,19?/m1/s1. The summed E-state index contributed by atoms with van der Waals surface area (Å²) in [6.45, 7) is -1.66. The first-order valence-electron chi connectivity index (χ1n) is 10.5. The van der Waals surface area contributed by atoms with Crippen LogP contribution in [0.2, 0.25) is 0 Å². The van der Waals surface area contributed by atoms with Gasteiger partial charge >= 0.3 is 6.61 Å². The number of amides is 1. The minimum Gasteiger partial charge on any atom is -0.434 e. The Morgan fingerprint density at radius 2 is 2.06 bits per heavy atom. The Hall–Kier alpha value is -3.44. The van der Waals surface area contributed by atoms with Crippen molar-refractivity contribution in [1.82, 2.24) is 14.5 Å². The Morgan fingerprint density at radius 1 is 1.22 bits per heavy atom. The molecular weight excluding hydrogens is 416 g/mol. The van der Waals surface area contributed by atoms with Crippen molar-refractivity contribution in [2.24, 2.45) is 5.92 Å². The number of imidazole rings is 1. The first-order chi connectivity index (χ1) is 15.5. The third-order valence-corrected chi connectivity index (χ3v) is 6.47. The fraction of sp³-hybridized carbons (Fsp3) is 0.333. The van der Waals surface area contributed by atoms with Crippen LogP contribution in [0.5, 0.6) is 5.75 Å². The number of benzene rings is 2. The minimum atomic E-state index is -2.98. The van der Waals surface area contributed by atoms with Gasteiger partial charge in [0, 0.05) is 30.2 Å². The van der Waals surface area contributed by atoms with Gasteiger partial charge in [-0.3, -0.25) is 4.79 Å². The van der Waals surface area contributed by atoms with E-state index in [4.69, 9.17) is 14.5 Å². The number of hydrogen-bond donors (Lipinski definition) is 0. The number of carbonyl (C=O) groups is 1. The highest BCUT2D eigenvalue weighted by molar-refractivity contribution is 5.97. The summed E-state index contributed by atoms with van der Waals surface area (Å²) in [6.07, 6.45) is 0.548. The van der Waals surface area contributed by atoms with Gasteiger partial charge < -0.3 is 18.9 Å². The maximum absolute atomic E-state index is 13.2. The van der Waals surface area contributed by atoms with E-state index in [2.05, 4.69) is 16.4 Å². The molecule has 6 rings (SSSR count). The van der Waals surface area contributed by atoms with Crippen molar-refractivity contribution in [3.63, 3.8) is 0 Å². The summed E-state index contributed by atoms with van der Waals surface area (Å²) in [5.41, 5.74) is 3.36. The van der Waals surface area contributed by atoms with Gasteiger partial charge in [-0.05, 0) is 30.3 Å². The van der Waals surface area contributed by atoms with Gasteiger partial charge in [0.05, 0.1) is 42.2 Å². The Kier molecular flexibility index (Phi) is 4.24. The summed E-state index contributed by atoms with van der Waals surface area (Å²) < 4.78 is 38.4. The highest BCUT2D eigenvalue weighted by Crippen LogP contribution is 2.49. The van der Waals surface area contributed by atoms with Gasteiger partial charge in [-0.15, -0.1) is 0 Å². The molecular formula is C24H19F2N3O3. The average molecular weight is 435 g/mol. The summed E-state index contributed by atoms with van der Waals surface area (Å²) >= 11 is 0. The number of hydrogen-bond acceptors (Lipinski definition) is 4. The van der Waals surface area contributed by atoms with E-state index in [-0.39, 0.29) is 29.7 Å². The topological polar surface area (TPSA) is 56.6 Å². The van der Waals surface area contributed by atoms with Gasteiger partial charge in [0.1, 0.15) is 11.6 Å². The SMILES string of the molecule is CN1C(=O)c2cccc(OC(F)F)c2[C@H]2CC1c1nc3ccc(C#CC4COC4)cc3n12. The quantitative estimate of drug-likeness (QED) is 0.576. The molecule has 1 aromatic heterocycles. The second kappa shape index (κ2) is 7.04. The largest absolute Gasteiger partial charge is 0.434 e. The summed E-state index contributed by atoms with van der Waals surface area (Å²) in [6, 6.07) is 9.96. The fourth-order valence-corrected chi connectivity index (χ4v) is 4.86. The van der Waals surface area contributed by atoms with Crippen LogP contribution in [0.3, 0.4) is 0 Å². The molecule has 1 saturated heterocycles. The predicted octanol–water partition coefficient (Wildman–Crippen LogP) is 3.76. The van der Waals surface area contributed by atoms with Crippen molar-refractivity contribution in [3.05, 3.63) is 58.9 Å². The number of alkyl halides is 2. The van der Waals surface area contributed by atoms with Crippen LogP contribution in [-0.2, 0) is 4.74 Å². The number of halogens is 2. The van der Waals surface area contributed by atoms with Gasteiger partial charge in [0.15, 0.2) is 0 Å². The summed E-state index contributed by atoms with van der Waals surface area (Å²) in [7, 11) is 1.73. The molecule has 1 amide bonds. The zero-order chi connectivity index (χ0) is 22.0. The third-order valence-electron chi connectivity index (χ3n) is 6.47. The predicted molar refractivity (Wildman–Crippen MR) is 112 cm³/mol. The summed E-state index contributed by atoms with van der Waals surface area (Å²) in [4.78, 5) is 19.6.